The summed E-state index contributed by atoms with van der Waals surface area (Å²) in [7, 11) is -18.4. The van der Waals surface area contributed by atoms with Gasteiger partial charge in [0.2, 0.25) is 0 Å². The van der Waals surface area contributed by atoms with Gasteiger partial charge in [-0.15, -0.1) is 0 Å². The predicted octanol–water partition coefficient (Wildman–Crippen LogP) is 1.40. The van der Waals surface area contributed by atoms with E-state index in [1.807, 2.05) is 0 Å². The van der Waals surface area contributed by atoms with Crippen LogP contribution in [0.3, 0.4) is 0 Å². The first-order chi connectivity index (χ1) is 12.6. The van der Waals surface area contributed by atoms with E-state index in [2.05, 4.69) is 0 Å². The third-order valence-corrected chi connectivity index (χ3v) is 13.0. The number of ether oxygens (including phenoxy) is 1. The van der Waals surface area contributed by atoms with Crippen LogP contribution in [0, 0.1) is 0 Å². The number of carbonyl (C=O) groups excluding carboxylic acids is 1. The van der Waals surface area contributed by atoms with E-state index in [4.69, 9.17) is 9.29 Å². The molecule has 2 aliphatic rings. The summed E-state index contributed by atoms with van der Waals surface area (Å²) in [5.74, 6) is -1.98. The smallest absolute Gasteiger partial charge is 0.460 e. The molecule has 0 aromatic rings. The summed E-state index contributed by atoms with van der Waals surface area (Å²) in [6.07, 6.45) is 1.54. The van der Waals surface area contributed by atoms with Crippen molar-refractivity contribution in [1.29, 1.82) is 0 Å². The van der Waals surface area contributed by atoms with Gasteiger partial charge in [0, 0.05) is 0 Å². The molecule has 0 heterocycles. The normalized spacial score (nSPS) is 22.9. The summed E-state index contributed by atoms with van der Waals surface area (Å²) in [6, 6.07) is 0. The molecule has 0 bridgehead atoms. The van der Waals surface area contributed by atoms with Gasteiger partial charge < -0.3 is 4.74 Å². The van der Waals surface area contributed by atoms with Crippen molar-refractivity contribution in [2.45, 2.75) is 78.3 Å². The molecule has 0 aliphatic heterocycles. The van der Waals surface area contributed by atoms with E-state index in [-0.39, 0.29) is 19.8 Å². The van der Waals surface area contributed by atoms with Crippen molar-refractivity contribution >= 4 is 35.8 Å². The number of alkyl halides is 2. The monoisotopic (exact) mass is 468 g/mol. The van der Waals surface area contributed by atoms with E-state index < -0.39 is 55.8 Å². The van der Waals surface area contributed by atoms with Crippen LogP contribution >= 0.6 is 0 Å². The highest BCUT2D eigenvalue weighted by Gasteiger charge is 2.73. The number of carbonyl (C=O) groups is 1. The van der Waals surface area contributed by atoms with Crippen LogP contribution in [0.1, 0.15) is 58.3 Å². The maximum atomic E-state index is 14.2. The maximum absolute atomic E-state index is 14.2. The third-order valence-electron chi connectivity index (χ3n) is 5.36. The summed E-state index contributed by atoms with van der Waals surface area (Å²) >= 11 is 0. The van der Waals surface area contributed by atoms with Gasteiger partial charge in [0.1, 0.15) is 6.10 Å². The predicted molar refractivity (Wildman–Crippen MR) is 93.3 cm³/mol. The van der Waals surface area contributed by atoms with Crippen LogP contribution in [0.4, 0.5) is 8.78 Å². The van der Waals surface area contributed by atoms with Gasteiger partial charge in [0.15, 0.2) is 9.84 Å². The van der Waals surface area contributed by atoms with Crippen molar-refractivity contribution in [2.24, 2.45) is 0 Å². The van der Waals surface area contributed by atoms with E-state index in [9.17, 15) is 38.8 Å². The molecule has 1 N–H and O–H groups in total. The van der Waals surface area contributed by atoms with Gasteiger partial charge in [-0.05, 0) is 45.4 Å². The third kappa shape index (κ3) is 3.45. The van der Waals surface area contributed by atoms with E-state index in [0.29, 0.717) is 38.5 Å². The Balaban J connectivity index is 2.66. The standard InChI is InChI=1S/C14H22F2O9S3/c1-13(12(17)25-10-6-2-3-7-10,26(18,19)11-8-4-5-9-11)27(20,21)14(15,16)28(22,23)24/h10-11H,2-9H2,1H3,(H,22,23,24). The van der Waals surface area contributed by atoms with Crippen molar-refractivity contribution in [3.8, 4) is 0 Å². The van der Waals surface area contributed by atoms with Crippen LogP contribution in [0.5, 0.6) is 0 Å². The minimum atomic E-state index is -6.63. The van der Waals surface area contributed by atoms with Crippen molar-refractivity contribution in [2.75, 3.05) is 0 Å². The Hall–Kier alpha value is -0.860. The SMILES string of the molecule is CC(C(=O)OC1CCCC1)(S(=O)(=O)C1CCCC1)S(=O)(=O)C(F)(F)S(=O)(=O)O. The lowest BCUT2D eigenvalue weighted by Crippen LogP contribution is -2.61. The van der Waals surface area contributed by atoms with Crippen LogP contribution in [0.2, 0.25) is 0 Å². The average Bonchev–Trinajstić information content (AvgIpc) is 3.25. The molecular formula is C14H22F2O9S3. The van der Waals surface area contributed by atoms with Gasteiger partial charge in [-0.3, -0.25) is 4.55 Å². The Labute approximate surface area is 162 Å². The van der Waals surface area contributed by atoms with E-state index in [0.717, 1.165) is 0 Å². The number of sulfone groups is 2. The van der Waals surface area contributed by atoms with E-state index in [1.54, 1.807) is 0 Å². The Morgan fingerprint density at radius 2 is 1.36 bits per heavy atom. The Morgan fingerprint density at radius 3 is 1.79 bits per heavy atom. The molecule has 0 saturated heterocycles. The summed E-state index contributed by atoms with van der Waals surface area (Å²) in [4.78, 5) is 12.7. The van der Waals surface area contributed by atoms with E-state index in [1.165, 1.54) is 0 Å². The highest BCUT2D eigenvalue weighted by atomic mass is 32.3. The Bertz CT molecular complexity index is 929. The van der Waals surface area contributed by atoms with Crippen molar-refractivity contribution in [3.63, 3.8) is 0 Å². The Kier molecular flexibility index (Phi) is 6.22. The van der Waals surface area contributed by atoms with Crippen LogP contribution in [-0.4, -0.2) is 55.8 Å². The van der Waals surface area contributed by atoms with Crippen LogP contribution in [-0.2, 0) is 39.3 Å². The molecule has 14 heteroatoms. The second-order valence-electron chi connectivity index (χ2n) is 7.15. The second kappa shape index (κ2) is 7.43. The summed E-state index contributed by atoms with van der Waals surface area (Å²) in [6.45, 7) is 0.215. The summed E-state index contributed by atoms with van der Waals surface area (Å²) < 4.78 is 105. The van der Waals surface area contributed by atoms with Gasteiger partial charge >= 0.3 is 20.7 Å². The zero-order valence-corrected chi connectivity index (χ0v) is 17.5. The molecule has 1 atom stereocenters. The number of rotatable bonds is 7. The van der Waals surface area contributed by atoms with Gasteiger partial charge in [0.25, 0.3) is 13.9 Å². The fourth-order valence-electron chi connectivity index (χ4n) is 3.53. The lowest BCUT2D eigenvalue weighted by molar-refractivity contribution is -0.149. The summed E-state index contributed by atoms with van der Waals surface area (Å²) in [5.41, 5.74) is 0. The molecule has 28 heavy (non-hydrogen) atoms. The molecule has 0 aromatic carbocycles. The molecule has 164 valence electrons. The van der Waals surface area contributed by atoms with Crippen molar-refractivity contribution in [1.82, 2.24) is 0 Å². The molecule has 1 unspecified atom stereocenters. The number of hydrogen-bond acceptors (Lipinski definition) is 8. The number of hydrogen-bond donors (Lipinski definition) is 1. The lowest BCUT2D eigenvalue weighted by Gasteiger charge is -2.32. The molecule has 0 spiro atoms. The zero-order valence-electron chi connectivity index (χ0n) is 15.0. The first-order valence-corrected chi connectivity index (χ1v) is 13.1. The van der Waals surface area contributed by atoms with Gasteiger partial charge in [0.05, 0.1) is 5.25 Å². The molecule has 2 saturated carbocycles. The average molecular weight is 469 g/mol. The molecule has 0 amide bonds. The van der Waals surface area contributed by atoms with Gasteiger partial charge in [-0.25, -0.2) is 21.6 Å². The van der Waals surface area contributed by atoms with E-state index >= 15 is 0 Å². The fraction of sp³-hybridized carbons (Fsp3) is 0.929. The van der Waals surface area contributed by atoms with Gasteiger partial charge in [-0.1, -0.05) is 12.8 Å². The van der Waals surface area contributed by atoms with Crippen LogP contribution < -0.4 is 0 Å². The highest BCUT2D eigenvalue weighted by Crippen LogP contribution is 2.44. The Morgan fingerprint density at radius 1 is 0.929 bits per heavy atom. The molecule has 2 fully saturated rings. The highest BCUT2D eigenvalue weighted by molar-refractivity contribution is 8.17. The molecular weight excluding hydrogens is 446 g/mol. The topological polar surface area (TPSA) is 149 Å². The molecule has 2 rings (SSSR count). The molecule has 2 aliphatic carbocycles. The minimum absolute atomic E-state index is 0.0679. The molecule has 0 radical (unpaired) electrons. The largest absolute Gasteiger partial charge is 0.472 e. The van der Waals surface area contributed by atoms with Gasteiger partial charge in [-0.2, -0.15) is 17.2 Å². The van der Waals surface area contributed by atoms with Crippen molar-refractivity contribution in [3.05, 3.63) is 0 Å². The lowest BCUT2D eigenvalue weighted by atomic mass is 10.3. The van der Waals surface area contributed by atoms with Crippen LogP contribution in [0.15, 0.2) is 0 Å². The number of esters is 1. The summed E-state index contributed by atoms with van der Waals surface area (Å²) in [5, 5.41) is -1.43. The first kappa shape index (κ1) is 23.4. The minimum Gasteiger partial charge on any atom is -0.460 e. The first-order valence-electron chi connectivity index (χ1n) is 8.64. The zero-order chi connectivity index (χ0) is 21.6. The van der Waals surface area contributed by atoms with Crippen molar-refractivity contribution < 1.29 is 48.1 Å². The molecule has 0 aromatic heterocycles. The number of halogens is 2. The molecule has 9 nitrogen and oxygen atoms in total. The van der Waals surface area contributed by atoms with Crippen LogP contribution in [0.25, 0.3) is 0 Å². The maximum Gasteiger partial charge on any atom is 0.472 e. The fourth-order valence-corrected chi connectivity index (χ4v) is 9.83. The second-order valence-corrected chi connectivity index (χ2v) is 14.0. The quantitative estimate of drug-likeness (QED) is 0.432.